The first-order chi connectivity index (χ1) is 17.2. The minimum atomic E-state index is -0.331. The van der Waals surface area contributed by atoms with Crippen molar-refractivity contribution in [2.75, 3.05) is 0 Å². The highest BCUT2D eigenvalue weighted by Gasteiger charge is 2.43. The van der Waals surface area contributed by atoms with Gasteiger partial charge in [-0.25, -0.2) is 4.79 Å². The summed E-state index contributed by atoms with van der Waals surface area (Å²) in [5.74, 6) is 0.738. The third kappa shape index (κ3) is 4.66. The molecule has 2 heteroatoms. The highest BCUT2D eigenvalue weighted by Crippen LogP contribution is 2.50. The van der Waals surface area contributed by atoms with Gasteiger partial charge in [0.25, 0.3) is 0 Å². The molecule has 176 valence electrons. The van der Waals surface area contributed by atoms with Crippen molar-refractivity contribution in [3.8, 4) is 5.75 Å². The highest BCUT2D eigenvalue weighted by atomic mass is 16.5. The minimum Gasteiger partial charge on any atom is -0.423 e. The zero-order valence-electron chi connectivity index (χ0n) is 20.3. The lowest BCUT2D eigenvalue weighted by atomic mass is 9.58. The van der Waals surface area contributed by atoms with Crippen LogP contribution >= 0.6 is 0 Å². The van der Waals surface area contributed by atoms with Crippen LogP contribution in [-0.4, -0.2) is 5.97 Å². The summed E-state index contributed by atoms with van der Waals surface area (Å²) in [6.07, 6.45) is 6.24. The quantitative estimate of drug-likeness (QED) is 0.165. The molecule has 0 aliphatic heterocycles. The molecule has 4 aromatic rings. The summed E-state index contributed by atoms with van der Waals surface area (Å²) in [6.45, 7) is 2.01. The van der Waals surface area contributed by atoms with Gasteiger partial charge < -0.3 is 4.74 Å². The van der Waals surface area contributed by atoms with Crippen LogP contribution in [0.2, 0.25) is 0 Å². The van der Waals surface area contributed by atoms with Crippen LogP contribution in [0.3, 0.4) is 0 Å². The van der Waals surface area contributed by atoms with Gasteiger partial charge in [0.2, 0.25) is 0 Å². The van der Waals surface area contributed by atoms with Crippen LogP contribution in [-0.2, 0) is 5.41 Å². The molecular formula is C33H32O2. The Hall–Kier alpha value is -3.65. The smallest absolute Gasteiger partial charge is 0.343 e. The van der Waals surface area contributed by atoms with E-state index in [0.29, 0.717) is 17.2 Å². The van der Waals surface area contributed by atoms with Gasteiger partial charge in [-0.2, -0.15) is 0 Å². The second-order valence-electron chi connectivity index (χ2n) is 9.65. The van der Waals surface area contributed by atoms with E-state index in [-0.39, 0.29) is 11.4 Å². The number of hydrogen-bond acceptors (Lipinski definition) is 2. The lowest BCUT2D eigenvalue weighted by Gasteiger charge is -2.44. The molecule has 0 unspecified atom stereocenters. The number of benzene rings is 4. The molecule has 0 atom stereocenters. The van der Waals surface area contributed by atoms with E-state index in [9.17, 15) is 4.79 Å². The molecule has 1 saturated carbocycles. The van der Waals surface area contributed by atoms with Crippen molar-refractivity contribution in [1.82, 2.24) is 0 Å². The lowest BCUT2D eigenvalue weighted by Crippen LogP contribution is -2.39. The molecule has 0 saturated heterocycles. The zero-order chi connectivity index (χ0) is 24.1. The van der Waals surface area contributed by atoms with Crippen LogP contribution in [0, 0.1) is 12.8 Å². The maximum Gasteiger partial charge on any atom is 0.343 e. The van der Waals surface area contributed by atoms with Gasteiger partial charge in [-0.1, -0.05) is 110 Å². The SMILES string of the molecule is Cc1ccc(C(=O)Oc2ccc(C(c3ccccc3)(c3ccccc3)C3CCCCC3)cc2)cc1. The van der Waals surface area contributed by atoms with Crippen molar-refractivity contribution in [2.45, 2.75) is 44.4 Å². The summed E-state index contributed by atoms with van der Waals surface area (Å²) >= 11 is 0. The largest absolute Gasteiger partial charge is 0.423 e. The summed E-state index contributed by atoms with van der Waals surface area (Å²) in [5, 5.41) is 0. The lowest BCUT2D eigenvalue weighted by molar-refractivity contribution is 0.0734. The van der Waals surface area contributed by atoms with Crippen molar-refractivity contribution in [3.05, 3.63) is 137 Å². The fourth-order valence-electron chi connectivity index (χ4n) is 5.79. The van der Waals surface area contributed by atoms with Crippen molar-refractivity contribution in [1.29, 1.82) is 0 Å². The van der Waals surface area contributed by atoms with Gasteiger partial charge in [0, 0.05) is 5.41 Å². The molecule has 1 fully saturated rings. The average Bonchev–Trinajstić information content (AvgIpc) is 2.92. The molecule has 0 amide bonds. The van der Waals surface area contributed by atoms with E-state index < -0.39 is 0 Å². The van der Waals surface area contributed by atoms with Crippen molar-refractivity contribution in [3.63, 3.8) is 0 Å². The average molecular weight is 461 g/mol. The fourth-order valence-corrected chi connectivity index (χ4v) is 5.79. The van der Waals surface area contributed by atoms with E-state index in [0.717, 1.165) is 5.56 Å². The van der Waals surface area contributed by atoms with Gasteiger partial charge in [0.1, 0.15) is 5.75 Å². The predicted octanol–water partition coefficient (Wildman–Crippen LogP) is 8.13. The Labute approximate surface area is 208 Å². The predicted molar refractivity (Wildman–Crippen MR) is 142 cm³/mol. The van der Waals surface area contributed by atoms with E-state index in [2.05, 4.69) is 72.8 Å². The van der Waals surface area contributed by atoms with Crippen LogP contribution in [0.1, 0.15) is 64.7 Å². The van der Waals surface area contributed by atoms with Crippen molar-refractivity contribution >= 4 is 5.97 Å². The van der Waals surface area contributed by atoms with E-state index in [1.54, 1.807) is 0 Å². The monoisotopic (exact) mass is 460 g/mol. The normalized spacial score (nSPS) is 14.4. The van der Waals surface area contributed by atoms with E-state index in [4.69, 9.17) is 4.74 Å². The first kappa shape index (κ1) is 23.1. The third-order valence-corrected chi connectivity index (χ3v) is 7.48. The summed E-state index contributed by atoms with van der Waals surface area (Å²) < 4.78 is 5.73. The topological polar surface area (TPSA) is 26.3 Å². The standard InChI is InChI=1S/C33H32O2/c1-25-17-19-26(20-18-25)32(34)35-31-23-21-30(22-24-31)33(27-11-5-2-6-12-27,28-13-7-3-8-14-28)29-15-9-4-10-16-29/h2-3,5-8,11-14,17-24,29H,4,9-10,15-16H2,1H3. The molecule has 0 radical (unpaired) electrons. The summed E-state index contributed by atoms with van der Waals surface area (Å²) in [6, 6.07) is 37.5. The maximum absolute atomic E-state index is 12.7. The molecule has 35 heavy (non-hydrogen) atoms. The summed E-state index contributed by atoms with van der Waals surface area (Å²) in [7, 11) is 0. The zero-order valence-corrected chi connectivity index (χ0v) is 20.3. The Balaban J connectivity index is 1.56. The Morgan fingerprint density at radius 3 is 1.71 bits per heavy atom. The van der Waals surface area contributed by atoms with Crippen LogP contribution in [0.15, 0.2) is 109 Å². The van der Waals surface area contributed by atoms with Gasteiger partial charge >= 0.3 is 5.97 Å². The first-order valence-corrected chi connectivity index (χ1v) is 12.7. The molecule has 4 aromatic carbocycles. The number of aryl methyl sites for hydroxylation is 1. The number of carbonyl (C=O) groups excluding carboxylic acids is 1. The molecule has 5 rings (SSSR count). The van der Waals surface area contributed by atoms with Gasteiger partial charge in [0.05, 0.1) is 5.56 Å². The molecule has 2 nitrogen and oxygen atoms in total. The second-order valence-corrected chi connectivity index (χ2v) is 9.65. The van der Waals surface area contributed by atoms with Gasteiger partial charge in [-0.15, -0.1) is 0 Å². The Kier molecular flexibility index (Phi) is 6.81. The Bertz CT molecular complexity index is 1200. The van der Waals surface area contributed by atoms with Crippen molar-refractivity contribution < 1.29 is 9.53 Å². The summed E-state index contributed by atoms with van der Waals surface area (Å²) in [4.78, 5) is 12.7. The third-order valence-electron chi connectivity index (χ3n) is 7.48. The molecule has 0 aromatic heterocycles. The van der Waals surface area contributed by atoms with Crippen LogP contribution in [0.4, 0.5) is 0 Å². The maximum atomic E-state index is 12.7. The van der Waals surface area contributed by atoms with Crippen LogP contribution in [0.25, 0.3) is 0 Å². The molecule has 0 spiro atoms. The molecule has 0 N–H and O–H groups in total. The molecular weight excluding hydrogens is 428 g/mol. The second kappa shape index (κ2) is 10.3. The van der Waals surface area contributed by atoms with E-state index >= 15 is 0 Å². The molecule has 0 heterocycles. The van der Waals surface area contributed by atoms with E-state index in [1.807, 2.05) is 43.3 Å². The van der Waals surface area contributed by atoms with Crippen LogP contribution in [0.5, 0.6) is 5.75 Å². The van der Waals surface area contributed by atoms with Gasteiger partial charge in [-0.3, -0.25) is 0 Å². The Morgan fingerprint density at radius 1 is 0.657 bits per heavy atom. The van der Waals surface area contributed by atoms with Crippen molar-refractivity contribution in [2.24, 2.45) is 5.92 Å². The van der Waals surface area contributed by atoms with E-state index in [1.165, 1.54) is 48.8 Å². The number of hydrogen-bond donors (Lipinski definition) is 0. The fraction of sp³-hybridized carbons (Fsp3) is 0.242. The van der Waals surface area contributed by atoms with Gasteiger partial charge in [0.15, 0.2) is 0 Å². The number of esters is 1. The van der Waals surface area contributed by atoms with Gasteiger partial charge in [-0.05, 0) is 66.6 Å². The molecule has 0 bridgehead atoms. The van der Waals surface area contributed by atoms with Crippen LogP contribution < -0.4 is 4.74 Å². The first-order valence-electron chi connectivity index (χ1n) is 12.7. The highest BCUT2D eigenvalue weighted by molar-refractivity contribution is 5.91. The summed E-state index contributed by atoms with van der Waals surface area (Å²) in [5.41, 5.74) is 5.32. The minimum absolute atomic E-state index is 0.248. The number of carbonyl (C=O) groups is 1. The molecule has 1 aliphatic carbocycles. The number of ether oxygens (including phenoxy) is 1. The Morgan fingerprint density at radius 2 is 1.17 bits per heavy atom. The molecule has 1 aliphatic rings. The number of rotatable bonds is 6.